The van der Waals surface area contributed by atoms with Gasteiger partial charge in [0.1, 0.15) is 5.60 Å². The zero-order valence-corrected chi connectivity index (χ0v) is 18.3. The van der Waals surface area contributed by atoms with Crippen LogP contribution in [0.2, 0.25) is 0 Å². The molecule has 1 aliphatic rings. The van der Waals surface area contributed by atoms with E-state index in [1.807, 2.05) is 41.5 Å². The average molecular weight is 385 g/mol. The molecular formula is C20H40N4O3. The second kappa shape index (κ2) is 10.2. The van der Waals surface area contributed by atoms with E-state index in [4.69, 9.17) is 9.47 Å². The molecule has 1 fully saturated rings. The van der Waals surface area contributed by atoms with Gasteiger partial charge in [0.2, 0.25) is 0 Å². The van der Waals surface area contributed by atoms with E-state index in [9.17, 15) is 4.79 Å². The summed E-state index contributed by atoms with van der Waals surface area (Å²) in [6.45, 7) is 14.4. The van der Waals surface area contributed by atoms with E-state index in [1.165, 1.54) is 19.3 Å². The number of carbonyl (C=O) groups excluding carboxylic acids is 1. The minimum atomic E-state index is -0.515. The van der Waals surface area contributed by atoms with Crippen LogP contribution in [-0.4, -0.2) is 56.5 Å². The van der Waals surface area contributed by atoms with Gasteiger partial charge in [-0.3, -0.25) is 4.99 Å². The number of guanidine groups is 1. The molecule has 0 saturated heterocycles. The highest BCUT2D eigenvalue weighted by Crippen LogP contribution is 2.43. The Kier molecular flexibility index (Phi) is 8.85. The first-order chi connectivity index (χ1) is 12.5. The Morgan fingerprint density at radius 2 is 1.81 bits per heavy atom. The summed E-state index contributed by atoms with van der Waals surface area (Å²) in [5.41, 5.74) is -0.704. The van der Waals surface area contributed by atoms with Gasteiger partial charge in [-0.25, -0.2) is 4.79 Å². The van der Waals surface area contributed by atoms with Crippen LogP contribution in [0.3, 0.4) is 0 Å². The molecule has 158 valence electrons. The van der Waals surface area contributed by atoms with Crippen LogP contribution in [-0.2, 0) is 9.47 Å². The molecule has 0 aromatic carbocycles. The second-order valence-electron chi connectivity index (χ2n) is 9.16. The number of methoxy groups -OCH3 is 1. The minimum absolute atomic E-state index is 0.316. The third-order valence-corrected chi connectivity index (χ3v) is 4.70. The molecule has 0 bridgehead atoms. The SMILES string of the molecule is CCNC(=NCC(C)(C)NC(=O)OC(C)(C)C)NCC1(CCOC)CCC1. The molecule has 0 spiro atoms. The van der Waals surface area contributed by atoms with Crippen LogP contribution >= 0.6 is 0 Å². The Labute approximate surface area is 165 Å². The molecular weight excluding hydrogens is 344 g/mol. The third kappa shape index (κ3) is 9.31. The summed E-state index contributed by atoms with van der Waals surface area (Å²) in [7, 11) is 1.76. The number of ether oxygens (including phenoxy) is 2. The van der Waals surface area contributed by atoms with E-state index >= 15 is 0 Å². The van der Waals surface area contributed by atoms with Gasteiger partial charge in [-0.05, 0) is 66.2 Å². The van der Waals surface area contributed by atoms with E-state index in [1.54, 1.807) is 7.11 Å². The molecule has 1 rings (SSSR count). The van der Waals surface area contributed by atoms with E-state index in [0.717, 1.165) is 32.1 Å². The van der Waals surface area contributed by atoms with Crippen LogP contribution in [0.25, 0.3) is 0 Å². The maximum absolute atomic E-state index is 12.0. The normalized spacial score (nSPS) is 17.1. The standard InChI is InChI=1S/C20H40N4O3/c1-8-21-16(23-15-20(10-9-11-20)12-13-26-7)22-14-19(5,6)24-17(25)27-18(2,3)4/h8-15H2,1-7H3,(H,24,25)(H2,21,22,23). The predicted octanol–water partition coefficient (Wildman–Crippen LogP) is 3.05. The van der Waals surface area contributed by atoms with Crippen molar-refractivity contribution in [3.8, 4) is 0 Å². The van der Waals surface area contributed by atoms with Gasteiger partial charge in [0.25, 0.3) is 0 Å². The van der Waals surface area contributed by atoms with Gasteiger partial charge < -0.3 is 25.4 Å². The lowest BCUT2D eigenvalue weighted by atomic mass is 9.67. The van der Waals surface area contributed by atoms with E-state index < -0.39 is 17.2 Å². The van der Waals surface area contributed by atoms with Gasteiger partial charge in [-0.2, -0.15) is 0 Å². The van der Waals surface area contributed by atoms with Crippen molar-refractivity contribution in [2.24, 2.45) is 10.4 Å². The van der Waals surface area contributed by atoms with Gasteiger partial charge in [0.15, 0.2) is 5.96 Å². The summed E-state index contributed by atoms with van der Waals surface area (Å²) in [4.78, 5) is 16.7. The molecule has 7 heteroatoms. The molecule has 0 aliphatic heterocycles. The summed E-state index contributed by atoms with van der Waals surface area (Å²) in [6, 6.07) is 0. The van der Waals surface area contributed by atoms with Crippen molar-refractivity contribution in [2.75, 3.05) is 33.4 Å². The number of aliphatic imine (C=N–C) groups is 1. The van der Waals surface area contributed by atoms with Crippen LogP contribution in [0.4, 0.5) is 4.79 Å². The Balaban J connectivity index is 2.59. The maximum atomic E-state index is 12.0. The lowest BCUT2D eigenvalue weighted by Gasteiger charge is -2.42. The average Bonchev–Trinajstić information content (AvgIpc) is 2.48. The molecule has 1 aliphatic carbocycles. The van der Waals surface area contributed by atoms with Gasteiger partial charge in [0, 0.05) is 26.8 Å². The van der Waals surface area contributed by atoms with Crippen LogP contribution in [0, 0.1) is 5.41 Å². The molecule has 0 unspecified atom stereocenters. The van der Waals surface area contributed by atoms with Gasteiger partial charge >= 0.3 is 6.09 Å². The van der Waals surface area contributed by atoms with Crippen LogP contribution < -0.4 is 16.0 Å². The number of hydrogen-bond donors (Lipinski definition) is 3. The van der Waals surface area contributed by atoms with E-state index in [-0.39, 0.29) is 0 Å². The molecule has 0 radical (unpaired) electrons. The van der Waals surface area contributed by atoms with Crippen molar-refractivity contribution in [3.05, 3.63) is 0 Å². The lowest BCUT2D eigenvalue weighted by Crippen LogP contribution is -2.50. The van der Waals surface area contributed by atoms with Crippen molar-refractivity contribution in [2.45, 2.75) is 78.4 Å². The summed E-state index contributed by atoms with van der Waals surface area (Å²) in [5, 5.41) is 9.66. The number of amides is 1. The highest BCUT2D eigenvalue weighted by atomic mass is 16.6. The van der Waals surface area contributed by atoms with Crippen LogP contribution in [0.15, 0.2) is 4.99 Å². The van der Waals surface area contributed by atoms with Gasteiger partial charge in [0.05, 0.1) is 12.1 Å². The molecule has 1 amide bonds. The van der Waals surface area contributed by atoms with Gasteiger partial charge in [-0.15, -0.1) is 0 Å². The van der Waals surface area contributed by atoms with Crippen LogP contribution in [0.5, 0.6) is 0 Å². The molecule has 7 nitrogen and oxygen atoms in total. The fourth-order valence-electron chi connectivity index (χ4n) is 3.02. The first kappa shape index (κ1) is 23.5. The van der Waals surface area contributed by atoms with Crippen molar-refractivity contribution in [1.82, 2.24) is 16.0 Å². The summed E-state index contributed by atoms with van der Waals surface area (Å²) >= 11 is 0. The van der Waals surface area contributed by atoms with Gasteiger partial charge in [-0.1, -0.05) is 6.42 Å². The quantitative estimate of drug-likeness (QED) is 0.420. The Morgan fingerprint density at radius 3 is 2.30 bits per heavy atom. The molecule has 1 saturated carbocycles. The number of carbonyl (C=O) groups is 1. The van der Waals surface area contributed by atoms with Crippen molar-refractivity contribution in [1.29, 1.82) is 0 Å². The summed E-state index contributed by atoms with van der Waals surface area (Å²) < 4.78 is 10.6. The number of hydrogen-bond acceptors (Lipinski definition) is 4. The number of alkyl carbamates (subject to hydrolysis) is 1. The minimum Gasteiger partial charge on any atom is -0.444 e. The maximum Gasteiger partial charge on any atom is 0.408 e. The zero-order chi connectivity index (χ0) is 20.6. The third-order valence-electron chi connectivity index (χ3n) is 4.70. The van der Waals surface area contributed by atoms with Crippen molar-refractivity contribution in [3.63, 3.8) is 0 Å². The molecule has 0 aromatic rings. The summed E-state index contributed by atoms with van der Waals surface area (Å²) in [6.07, 6.45) is 4.39. The Hall–Kier alpha value is -1.50. The molecule has 27 heavy (non-hydrogen) atoms. The molecule has 0 heterocycles. The number of rotatable bonds is 9. The topological polar surface area (TPSA) is 84.0 Å². The van der Waals surface area contributed by atoms with E-state index in [2.05, 4.69) is 20.9 Å². The Morgan fingerprint density at radius 1 is 1.15 bits per heavy atom. The fourth-order valence-corrected chi connectivity index (χ4v) is 3.02. The molecule has 0 atom stereocenters. The lowest BCUT2D eigenvalue weighted by molar-refractivity contribution is 0.0476. The molecule has 0 aromatic heterocycles. The van der Waals surface area contributed by atoms with E-state index in [0.29, 0.717) is 12.0 Å². The molecule has 3 N–H and O–H groups in total. The van der Waals surface area contributed by atoms with Crippen molar-refractivity contribution >= 4 is 12.1 Å². The first-order valence-electron chi connectivity index (χ1n) is 10.0. The van der Waals surface area contributed by atoms with Crippen molar-refractivity contribution < 1.29 is 14.3 Å². The predicted molar refractivity (Wildman–Crippen MR) is 110 cm³/mol. The second-order valence-corrected chi connectivity index (χ2v) is 9.16. The fraction of sp³-hybridized carbons (Fsp3) is 0.900. The zero-order valence-electron chi connectivity index (χ0n) is 18.3. The highest BCUT2D eigenvalue weighted by molar-refractivity contribution is 5.80. The number of nitrogens with one attached hydrogen (secondary N) is 3. The number of nitrogens with zero attached hydrogens (tertiary/aromatic N) is 1. The smallest absolute Gasteiger partial charge is 0.408 e. The summed E-state index contributed by atoms with van der Waals surface area (Å²) in [5.74, 6) is 0.778. The monoisotopic (exact) mass is 384 g/mol. The first-order valence-corrected chi connectivity index (χ1v) is 10.0. The highest BCUT2D eigenvalue weighted by Gasteiger charge is 2.36. The van der Waals surface area contributed by atoms with Crippen LogP contribution in [0.1, 0.15) is 67.2 Å². The Bertz CT molecular complexity index is 494. The largest absolute Gasteiger partial charge is 0.444 e.